The molecule has 0 amide bonds. The zero-order valence-electron chi connectivity index (χ0n) is 16.4. The first-order chi connectivity index (χ1) is 11.4. The maximum absolute atomic E-state index is 12.5. The fourth-order valence-corrected chi connectivity index (χ4v) is 6.54. The highest BCUT2D eigenvalue weighted by Crippen LogP contribution is 2.62. The van der Waals surface area contributed by atoms with Crippen LogP contribution >= 0.6 is 0 Å². The van der Waals surface area contributed by atoms with E-state index in [2.05, 4.69) is 20.8 Å². The molecule has 2 heteroatoms. The van der Waals surface area contributed by atoms with Crippen molar-refractivity contribution in [3.8, 4) is 0 Å². The van der Waals surface area contributed by atoms with Crippen molar-refractivity contribution in [3.63, 3.8) is 0 Å². The zero-order valence-corrected chi connectivity index (χ0v) is 16.4. The van der Waals surface area contributed by atoms with E-state index in [-0.39, 0.29) is 17.5 Å². The van der Waals surface area contributed by atoms with E-state index < -0.39 is 0 Å². The van der Waals surface area contributed by atoms with Crippen LogP contribution in [0.4, 0.5) is 0 Å². The van der Waals surface area contributed by atoms with E-state index >= 15 is 0 Å². The standard InChI is InChI=1S/C22H38O2/c1-5-7-8-21(4,24-20(23)16(3)6-2)15-22-12-17-9-18(13-22)11-19(10-17)14-22/h16-19H,5-15H2,1-4H3. The van der Waals surface area contributed by atoms with Gasteiger partial charge in [-0.1, -0.05) is 27.2 Å². The van der Waals surface area contributed by atoms with Crippen molar-refractivity contribution in [1.29, 1.82) is 0 Å². The van der Waals surface area contributed by atoms with Crippen molar-refractivity contribution in [2.75, 3.05) is 0 Å². The van der Waals surface area contributed by atoms with Crippen LogP contribution in [0.1, 0.15) is 98.3 Å². The topological polar surface area (TPSA) is 26.3 Å². The lowest BCUT2D eigenvalue weighted by Gasteiger charge is -2.58. The number of hydrogen-bond acceptors (Lipinski definition) is 2. The van der Waals surface area contributed by atoms with Gasteiger partial charge in [-0.2, -0.15) is 0 Å². The molecule has 4 aliphatic rings. The first-order valence-corrected chi connectivity index (χ1v) is 10.6. The molecule has 0 aromatic carbocycles. The second kappa shape index (κ2) is 7.00. The van der Waals surface area contributed by atoms with E-state index in [1.165, 1.54) is 44.9 Å². The summed E-state index contributed by atoms with van der Waals surface area (Å²) in [6, 6.07) is 0. The molecule has 4 rings (SSSR count). The molecule has 2 unspecified atom stereocenters. The average molecular weight is 335 g/mol. The SMILES string of the molecule is CCCCC(C)(CC12CC3CC(CC(C3)C1)C2)OC(=O)C(C)CC. The van der Waals surface area contributed by atoms with Gasteiger partial charge in [0.05, 0.1) is 5.92 Å². The van der Waals surface area contributed by atoms with Gasteiger partial charge in [-0.25, -0.2) is 0 Å². The lowest BCUT2D eigenvalue weighted by molar-refractivity contribution is -0.173. The van der Waals surface area contributed by atoms with Gasteiger partial charge in [0.25, 0.3) is 0 Å². The maximum atomic E-state index is 12.5. The predicted molar refractivity (Wildman–Crippen MR) is 98.7 cm³/mol. The Balaban J connectivity index is 1.72. The van der Waals surface area contributed by atoms with Gasteiger partial charge in [0, 0.05) is 0 Å². The normalized spacial score (nSPS) is 37.9. The molecule has 4 saturated carbocycles. The molecule has 2 atom stereocenters. The molecule has 0 radical (unpaired) electrons. The number of rotatable bonds is 8. The molecule has 4 aliphatic carbocycles. The Morgan fingerprint density at radius 1 is 1.12 bits per heavy atom. The Hall–Kier alpha value is -0.530. The predicted octanol–water partition coefficient (Wildman–Crippen LogP) is 6.13. The lowest BCUT2D eigenvalue weighted by Crippen LogP contribution is -2.50. The van der Waals surface area contributed by atoms with Crippen LogP contribution in [-0.2, 0) is 9.53 Å². The molecule has 4 fully saturated rings. The Morgan fingerprint density at radius 3 is 2.12 bits per heavy atom. The first kappa shape index (κ1) is 18.3. The van der Waals surface area contributed by atoms with Crippen LogP contribution in [0.3, 0.4) is 0 Å². The Kier molecular flexibility index (Phi) is 5.33. The van der Waals surface area contributed by atoms with Crippen LogP contribution in [0.25, 0.3) is 0 Å². The van der Waals surface area contributed by atoms with Gasteiger partial charge in [0.1, 0.15) is 5.60 Å². The molecule has 24 heavy (non-hydrogen) atoms. The minimum atomic E-state index is -0.248. The highest BCUT2D eigenvalue weighted by molar-refractivity contribution is 5.72. The smallest absolute Gasteiger partial charge is 0.309 e. The fraction of sp³-hybridized carbons (Fsp3) is 0.955. The monoisotopic (exact) mass is 334 g/mol. The van der Waals surface area contributed by atoms with Crippen molar-refractivity contribution >= 4 is 5.97 Å². The second-order valence-corrected chi connectivity index (χ2v) is 9.88. The lowest BCUT2D eigenvalue weighted by atomic mass is 9.47. The summed E-state index contributed by atoms with van der Waals surface area (Å²) in [5, 5.41) is 0. The summed E-state index contributed by atoms with van der Waals surface area (Å²) < 4.78 is 6.19. The molecule has 0 aliphatic heterocycles. The van der Waals surface area contributed by atoms with E-state index in [1.807, 2.05) is 6.92 Å². The third kappa shape index (κ3) is 3.83. The van der Waals surface area contributed by atoms with E-state index in [0.717, 1.165) is 43.4 Å². The summed E-state index contributed by atoms with van der Waals surface area (Å²) in [6.07, 6.45) is 14.0. The number of carbonyl (C=O) groups is 1. The van der Waals surface area contributed by atoms with Gasteiger partial charge < -0.3 is 4.74 Å². The average Bonchev–Trinajstić information content (AvgIpc) is 2.50. The summed E-state index contributed by atoms with van der Waals surface area (Å²) in [5.74, 6) is 2.97. The highest BCUT2D eigenvalue weighted by Gasteiger charge is 2.53. The van der Waals surface area contributed by atoms with Gasteiger partial charge in [-0.05, 0) is 94.3 Å². The molecule has 0 spiro atoms. The minimum Gasteiger partial charge on any atom is -0.459 e. The maximum Gasteiger partial charge on any atom is 0.309 e. The van der Waals surface area contributed by atoms with Crippen molar-refractivity contribution < 1.29 is 9.53 Å². The number of carbonyl (C=O) groups excluding carboxylic acids is 1. The molecule has 0 saturated heterocycles. The summed E-state index contributed by atoms with van der Waals surface area (Å²) in [7, 11) is 0. The molecule has 138 valence electrons. The van der Waals surface area contributed by atoms with E-state index in [1.54, 1.807) is 0 Å². The molecule has 4 bridgehead atoms. The number of unbranched alkanes of at least 4 members (excludes halogenated alkanes) is 1. The van der Waals surface area contributed by atoms with Crippen molar-refractivity contribution in [2.45, 2.75) is 104 Å². The van der Waals surface area contributed by atoms with Gasteiger partial charge in [-0.15, -0.1) is 0 Å². The van der Waals surface area contributed by atoms with Gasteiger partial charge in [0.15, 0.2) is 0 Å². The van der Waals surface area contributed by atoms with Crippen LogP contribution in [0.15, 0.2) is 0 Å². The number of esters is 1. The summed E-state index contributed by atoms with van der Waals surface area (Å²) in [5.41, 5.74) is 0.231. The molecular weight excluding hydrogens is 296 g/mol. The number of hydrogen-bond donors (Lipinski definition) is 0. The van der Waals surface area contributed by atoms with E-state index in [9.17, 15) is 4.79 Å². The van der Waals surface area contributed by atoms with Crippen LogP contribution < -0.4 is 0 Å². The summed E-state index contributed by atoms with van der Waals surface area (Å²) >= 11 is 0. The van der Waals surface area contributed by atoms with Crippen molar-refractivity contribution in [2.24, 2.45) is 29.1 Å². The quantitative estimate of drug-likeness (QED) is 0.499. The third-order valence-corrected chi connectivity index (χ3v) is 7.33. The largest absolute Gasteiger partial charge is 0.459 e. The van der Waals surface area contributed by atoms with Crippen LogP contribution in [-0.4, -0.2) is 11.6 Å². The van der Waals surface area contributed by atoms with Crippen molar-refractivity contribution in [1.82, 2.24) is 0 Å². The highest BCUT2D eigenvalue weighted by atomic mass is 16.6. The van der Waals surface area contributed by atoms with Gasteiger partial charge in [-0.3, -0.25) is 4.79 Å². The molecular formula is C22H38O2. The first-order valence-electron chi connectivity index (χ1n) is 10.6. The Labute approximate surface area is 149 Å². The molecule has 2 nitrogen and oxygen atoms in total. The molecule has 0 aromatic heterocycles. The van der Waals surface area contributed by atoms with E-state index in [0.29, 0.717) is 5.41 Å². The second-order valence-electron chi connectivity index (χ2n) is 9.88. The van der Waals surface area contributed by atoms with Gasteiger partial charge in [0.2, 0.25) is 0 Å². The third-order valence-electron chi connectivity index (χ3n) is 7.33. The zero-order chi connectivity index (χ0) is 17.4. The van der Waals surface area contributed by atoms with Gasteiger partial charge >= 0.3 is 5.97 Å². The molecule has 0 N–H and O–H groups in total. The summed E-state index contributed by atoms with van der Waals surface area (Å²) in [6.45, 7) is 8.56. The van der Waals surface area contributed by atoms with E-state index in [4.69, 9.17) is 4.74 Å². The van der Waals surface area contributed by atoms with Crippen molar-refractivity contribution in [3.05, 3.63) is 0 Å². The summed E-state index contributed by atoms with van der Waals surface area (Å²) in [4.78, 5) is 12.5. The van der Waals surface area contributed by atoms with Crippen LogP contribution in [0, 0.1) is 29.1 Å². The van der Waals surface area contributed by atoms with Crippen LogP contribution in [0.2, 0.25) is 0 Å². The Morgan fingerprint density at radius 2 is 1.67 bits per heavy atom. The number of ether oxygens (including phenoxy) is 1. The fourth-order valence-electron chi connectivity index (χ4n) is 6.54. The Bertz CT molecular complexity index is 420. The molecule has 0 heterocycles. The van der Waals surface area contributed by atoms with Crippen LogP contribution in [0.5, 0.6) is 0 Å². The molecule has 0 aromatic rings. The minimum absolute atomic E-state index is 0.0285.